The molecule has 0 spiro atoms. The van der Waals surface area contributed by atoms with E-state index in [1.54, 1.807) is 0 Å². The molecule has 1 unspecified atom stereocenters. The quantitative estimate of drug-likeness (QED) is 0.774. The number of carbonyl (C=O) groups is 1. The van der Waals surface area contributed by atoms with Gasteiger partial charge in [0.25, 0.3) is 0 Å². The van der Waals surface area contributed by atoms with Crippen molar-refractivity contribution in [1.29, 1.82) is 0 Å². The molecule has 0 bridgehead atoms. The molecule has 1 atom stereocenters. The Kier molecular flexibility index (Phi) is 3.68. The van der Waals surface area contributed by atoms with Gasteiger partial charge >= 0.3 is 6.03 Å². The number of carbonyl (C=O) groups excluding carboxylic acids is 1. The van der Waals surface area contributed by atoms with Gasteiger partial charge in [0.2, 0.25) is 0 Å². The Morgan fingerprint density at radius 2 is 2.00 bits per heavy atom. The summed E-state index contributed by atoms with van der Waals surface area (Å²) in [6.45, 7) is 4.89. The monoisotopic (exact) mass is 280 g/mol. The van der Waals surface area contributed by atoms with Crippen LogP contribution >= 0.6 is 0 Å². The average Bonchev–Trinajstić information content (AvgIpc) is 3.01. The second-order valence-corrected chi connectivity index (χ2v) is 5.70. The number of anilines is 1. The van der Waals surface area contributed by atoms with Crippen LogP contribution in [0.25, 0.3) is 0 Å². The van der Waals surface area contributed by atoms with E-state index in [4.69, 9.17) is 0 Å². The Labute approximate surface area is 125 Å². The summed E-state index contributed by atoms with van der Waals surface area (Å²) in [4.78, 5) is 16.8. The molecule has 1 aromatic rings. The maximum Gasteiger partial charge on any atom is 0.325 e. The minimum atomic E-state index is 0.0852. The molecule has 3 nitrogen and oxygen atoms in total. The summed E-state index contributed by atoms with van der Waals surface area (Å²) < 4.78 is 0. The third-order valence-corrected chi connectivity index (χ3v) is 4.02. The molecule has 1 heterocycles. The van der Waals surface area contributed by atoms with E-state index in [0.29, 0.717) is 0 Å². The predicted octanol–water partition coefficient (Wildman–Crippen LogP) is 3.75. The molecule has 0 saturated carbocycles. The van der Waals surface area contributed by atoms with Gasteiger partial charge in [-0.25, -0.2) is 4.79 Å². The zero-order valence-electron chi connectivity index (χ0n) is 12.5. The van der Waals surface area contributed by atoms with E-state index in [0.717, 1.165) is 24.2 Å². The van der Waals surface area contributed by atoms with Gasteiger partial charge in [-0.1, -0.05) is 24.3 Å². The third kappa shape index (κ3) is 2.53. The van der Waals surface area contributed by atoms with E-state index >= 15 is 0 Å². The van der Waals surface area contributed by atoms with Crippen molar-refractivity contribution in [1.82, 2.24) is 4.90 Å². The van der Waals surface area contributed by atoms with Gasteiger partial charge < -0.3 is 4.90 Å². The Morgan fingerprint density at radius 3 is 2.62 bits per heavy atom. The molecule has 1 aromatic carbocycles. The van der Waals surface area contributed by atoms with Crippen molar-refractivity contribution in [3.63, 3.8) is 0 Å². The minimum absolute atomic E-state index is 0.0852. The predicted molar refractivity (Wildman–Crippen MR) is 85.3 cm³/mol. The standard InChI is InChI=1S/C18H20N2O/c1-14(2)20-17(15-8-6-7-9-15)12-13-19(18(20)21)16-10-4-3-5-11-16/h3-8,10-11,14,17H,12-13H2,1-2H3. The zero-order chi connectivity index (χ0) is 14.8. The van der Waals surface area contributed by atoms with Crippen LogP contribution in [0.5, 0.6) is 0 Å². The first-order valence-electron chi connectivity index (χ1n) is 7.46. The zero-order valence-corrected chi connectivity index (χ0v) is 12.5. The molecule has 1 saturated heterocycles. The van der Waals surface area contributed by atoms with E-state index in [1.807, 2.05) is 52.3 Å². The highest BCUT2D eigenvalue weighted by atomic mass is 16.2. The topological polar surface area (TPSA) is 23.6 Å². The normalized spacial score (nSPS) is 21.4. The lowest BCUT2D eigenvalue weighted by atomic mass is 9.99. The van der Waals surface area contributed by atoms with E-state index in [1.165, 1.54) is 0 Å². The molecule has 0 aromatic heterocycles. The number of urea groups is 1. The molecule has 1 aliphatic carbocycles. The molecule has 2 amide bonds. The van der Waals surface area contributed by atoms with Gasteiger partial charge in [0.05, 0.1) is 6.04 Å². The van der Waals surface area contributed by atoms with E-state index in [9.17, 15) is 4.79 Å². The number of hydrogen-bond acceptors (Lipinski definition) is 1. The van der Waals surface area contributed by atoms with Gasteiger partial charge in [-0.2, -0.15) is 0 Å². The maximum absolute atomic E-state index is 12.9. The highest BCUT2D eigenvalue weighted by Gasteiger charge is 2.36. The van der Waals surface area contributed by atoms with E-state index in [-0.39, 0.29) is 18.1 Å². The first-order valence-corrected chi connectivity index (χ1v) is 7.46. The SMILES string of the molecule is CC(C)N1C(=O)N(c2ccccc2)CCC1C1=C=CC=C1. The Hall–Kier alpha value is -2.25. The second-order valence-electron chi connectivity index (χ2n) is 5.70. The lowest BCUT2D eigenvalue weighted by Crippen LogP contribution is -2.57. The van der Waals surface area contributed by atoms with Crippen molar-refractivity contribution < 1.29 is 4.79 Å². The number of para-hydroxylation sites is 1. The van der Waals surface area contributed by atoms with Gasteiger partial charge in [-0.15, -0.1) is 5.73 Å². The fourth-order valence-electron chi connectivity index (χ4n) is 3.04. The molecule has 108 valence electrons. The van der Waals surface area contributed by atoms with Gasteiger partial charge in [0, 0.05) is 23.8 Å². The molecular formula is C18H20N2O. The smallest absolute Gasteiger partial charge is 0.314 e. The van der Waals surface area contributed by atoms with Crippen LogP contribution in [-0.2, 0) is 0 Å². The van der Waals surface area contributed by atoms with Crippen molar-refractivity contribution in [2.45, 2.75) is 32.4 Å². The van der Waals surface area contributed by atoms with Gasteiger partial charge in [0.1, 0.15) is 0 Å². The Morgan fingerprint density at radius 1 is 1.24 bits per heavy atom. The fraction of sp³-hybridized carbons (Fsp3) is 0.333. The van der Waals surface area contributed by atoms with Crippen LogP contribution in [0.1, 0.15) is 20.3 Å². The summed E-state index contributed by atoms with van der Waals surface area (Å²) in [6.07, 6.45) is 6.90. The fourth-order valence-corrected chi connectivity index (χ4v) is 3.04. The van der Waals surface area contributed by atoms with E-state index < -0.39 is 0 Å². The number of nitrogens with zero attached hydrogens (tertiary/aromatic N) is 2. The van der Waals surface area contributed by atoms with Crippen LogP contribution in [0.2, 0.25) is 0 Å². The summed E-state index contributed by atoms with van der Waals surface area (Å²) in [5, 5.41) is 0. The van der Waals surface area contributed by atoms with Crippen molar-refractivity contribution in [3.05, 3.63) is 59.9 Å². The van der Waals surface area contributed by atoms with Crippen LogP contribution in [0, 0.1) is 0 Å². The van der Waals surface area contributed by atoms with Crippen LogP contribution in [0.3, 0.4) is 0 Å². The highest BCUT2D eigenvalue weighted by molar-refractivity contribution is 5.93. The molecular weight excluding hydrogens is 260 g/mol. The average molecular weight is 280 g/mol. The van der Waals surface area contributed by atoms with Gasteiger partial charge in [-0.05, 0) is 44.6 Å². The Bertz CT molecular complexity index is 624. The molecule has 0 N–H and O–H groups in total. The molecule has 3 heteroatoms. The first-order chi connectivity index (χ1) is 10.2. The largest absolute Gasteiger partial charge is 0.325 e. The minimum Gasteiger partial charge on any atom is -0.314 e. The van der Waals surface area contributed by atoms with Crippen LogP contribution in [0.4, 0.5) is 10.5 Å². The number of benzene rings is 1. The molecule has 3 rings (SSSR count). The number of hydrogen-bond donors (Lipinski definition) is 0. The van der Waals surface area contributed by atoms with Crippen molar-refractivity contribution in [2.24, 2.45) is 0 Å². The van der Waals surface area contributed by atoms with Gasteiger partial charge in [0.15, 0.2) is 0 Å². The second kappa shape index (κ2) is 5.63. The van der Waals surface area contributed by atoms with Crippen molar-refractivity contribution in [2.75, 3.05) is 11.4 Å². The summed E-state index contributed by atoms with van der Waals surface area (Å²) in [5.41, 5.74) is 5.34. The summed E-state index contributed by atoms with van der Waals surface area (Å²) in [7, 11) is 0. The molecule has 1 fully saturated rings. The number of rotatable bonds is 3. The summed E-state index contributed by atoms with van der Waals surface area (Å²) in [6, 6.07) is 10.3. The van der Waals surface area contributed by atoms with Gasteiger partial charge in [-0.3, -0.25) is 4.90 Å². The first kappa shape index (κ1) is 13.7. The number of amides is 2. The maximum atomic E-state index is 12.9. The van der Waals surface area contributed by atoms with Crippen LogP contribution in [0.15, 0.2) is 59.9 Å². The van der Waals surface area contributed by atoms with Crippen LogP contribution < -0.4 is 4.90 Å². The summed E-state index contributed by atoms with van der Waals surface area (Å²) >= 11 is 0. The molecule has 0 radical (unpaired) electrons. The van der Waals surface area contributed by atoms with E-state index in [2.05, 4.69) is 25.7 Å². The van der Waals surface area contributed by atoms with Crippen molar-refractivity contribution >= 4 is 11.7 Å². The lowest BCUT2D eigenvalue weighted by molar-refractivity contribution is 0.157. The van der Waals surface area contributed by atoms with Crippen molar-refractivity contribution in [3.8, 4) is 0 Å². The lowest BCUT2D eigenvalue weighted by Gasteiger charge is -2.43. The molecule has 21 heavy (non-hydrogen) atoms. The summed E-state index contributed by atoms with van der Waals surface area (Å²) in [5.74, 6) is 0. The Balaban J connectivity index is 1.90. The highest BCUT2D eigenvalue weighted by Crippen LogP contribution is 2.29. The molecule has 1 aliphatic heterocycles. The van der Waals surface area contributed by atoms with Crippen LogP contribution in [-0.4, -0.2) is 29.6 Å². The number of allylic oxidation sites excluding steroid dienone is 1. The third-order valence-electron chi connectivity index (χ3n) is 4.02. The molecule has 2 aliphatic rings.